The second-order valence-electron chi connectivity index (χ2n) is 3.76. The third kappa shape index (κ3) is 1.40. The molecule has 0 fully saturated rings. The van der Waals surface area contributed by atoms with E-state index in [2.05, 4.69) is 4.99 Å². The normalized spacial score (nSPS) is 29.1. The summed E-state index contributed by atoms with van der Waals surface area (Å²) >= 11 is 0. The van der Waals surface area contributed by atoms with Crippen molar-refractivity contribution in [2.75, 3.05) is 6.61 Å². The molecule has 0 saturated heterocycles. The van der Waals surface area contributed by atoms with E-state index >= 15 is 0 Å². The van der Waals surface area contributed by atoms with E-state index in [0.29, 0.717) is 6.42 Å². The van der Waals surface area contributed by atoms with Crippen molar-refractivity contribution >= 4 is 12.0 Å². The van der Waals surface area contributed by atoms with Crippen LogP contribution in [0.15, 0.2) is 17.1 Å². The first-order chi connectivity index (χ1) is 6.50. The summed E-state index contributed by atoms with van der Waals surface area (Å²) in [5.74, 6) is -0.0680. The van der Waals surface area contributed by atoms with Gasteiger partial charge < -0.3 is 10.8 Å². The third-order valence-electron chi connectivity index (χ3n) is 2.65. The summed E-state index contributed by atoms with van der Waals surface area (Å²) in [6.45, 7) is 3.12. The van der Waals surface area contributed by atoms with Gasteiger partial charge in [-0.05, 0) is 19.1 Å². The number of nitrogens with zero attached hydrogens (tertiary/aromatic N) is 1. The van der Waals surface area contributed by atoms with Crippen molar-refractivity contribution in [3.8, 4) is 0 Å². The number of carbonyl (C=O) groups excluding carboxylic acids is 1. The Morgan fingerprint density at radius 2 is 2.36 bits per heavy atom. The van der Waals surface area contributed by atoms with Gasteiger partial charge in [0.1, 0.15) is 0 Å². The monoisotopic (exact) mass is 196 g/mol. The van der Waals surface area contributed by atoms with Crippen LogP contribution in [0.25, 0.3) is 0 Å². The van der Waals surface area contributed by atoms with Crippen LogP contribution in [0.3, 0.4) is 0 Å². The molecule has 0 aromatic rings. The molecule has 4 nitrogen and oxygen atoms in total. The van der Waals surface area contributed by atoms with Crippen LogP contribution < -0.4 is 5.73 Å². The molecule has 0 saturated carbocycles. The number of rotatable bonds is 4. The topological polar surface area (TPSA) is 75.7 Å². The van der Waals surface area contributed by atoms with Crippen molar-refractivity contribution in [3.63, 3.8) is 0 Å². The summed E-state index contributed by atoms with van der Waals surface area (Å²) in [6.07, 6.45) is 5.26. The van der Waals surface area contributed by atoms with E-state index in [1.165, 1.54) is 0 Å². The fraction of sp³-hybridized carbons (Fsp3) is 0.600. The van der Waals surface area contributed by atoms with Gasteiger partial charge in [-0.2, -0.15) is 0 Å². The molecule has 0 bridgehead atoms. The molecule has 1 aliphatic heterocycles. The van der Waals surface area contributed by atoms with Gasteiger partial charge in [0.15, 0.2) is 11.3 Å². The van der Waals surface area contributed by atoms with E-state index in [1.807, 2.05) is 0 Å². The van der Waals surface area contributed by atoms with Gasteiger partial charge in [-0.25, -0.2) is 0 Å². The number of nitrogens with two attached hydrogens (primary N) is 1. The van der Waals surface area contributed by atoms with E-state index in [4.69, 9.17) is 5.73 Å². The Morgan fingerprint density at radius 1 is 1.71 bits per heavy atom. The highest BCUT2D eigenvalue weighted by molar-refractivity contribution is 5.97. The van der Waals surface area contributed by atoms with Crippen LogP contribution in [0.2, 0.25) is 0 Å². The zero-order chi connectivity index (χ0) is 10.8. The highest BCUT2D eigenvalue weighted by atomic mass is 16.3. The number of hydrogen-bond acceptors (Lipinski definition) is 4. The zero-order valence-corrected chi connectivity index (χ0v) is 8.53. The molecular weight excluding hydrogens is 180 g/mol. The smallest absolute Gasteiger partial charge is 0.166 e. The van der Waals surface area contributed by atoms with Crippen molar-refractivity contribution in [2.24, 2.45) is 10.7 Å². The van der Waals surface area contributed by atoms with Crippen molar-refractivity contribution < 1.29 is 9.90 Å². The number of ketones is 1. The van der Waals surface area contributed by atoms with Crippen LogP contribution in [-0.2, 0) is 4.79 Å². The van der Waals surface area contributed by atoms with E-state index < -0.39 is 11.1 Å². The lowest BCUT2D eigenvalue weighted by molar-refractivity contribution is -0.124. The van der Waals surface area contributed by atoms with E-state index in [-0.39, 0.29) is 12.4 Å². The minimum absolute atomic E-state index is 0.0680. The maximum atomic E-state index is 11.8. The Hall–Kier alpha value is -1.00. The first-order valence-corrected chi connectivity index (χ1v) is 4.66. The van der Waals surface area contributed by atoms with Crippen LogP contribution in [0.5, 0.6) is 0 Å². The van der Waals surface area contributed by atoms with Gasteiger partial charge in [0.2, 0.25) is 0 Å². The molecule has 1 heterocycles. The quantitative estimate of drug-likeness (QED) is 0.667. The second kappa shape index (κ2) is 3.63. The molecule has 0 amide bonds. The minimum atomic E-state index is -1.07. The van der Waals surface area contributed by atoms with Gasteiger partial charge in [0, 0.05) is 12.6 Å². The number of aliphatic hydroxyl groups excluding tert-OH is 1. The molecule has 0 radical (unpaired) electrons. The second-order valence-corrected chi connectivity index (χ2v) is 3.76. The SMILES string of the molecule is CCC(=O)C1(C(C)(N)CO)C=CC=N1. The molecule has 1 rings (SSSR count). The molecule has 4 heteroatoms. The molecule has 3 N–H and O–H groups in total. The number of hydrogen-bond donors (Lipinski definition) is 2. The van der Waals surface area contributed by atoms with Crippen LogP contribution >= 0.6 is 0 Å². The van der Waals surface area contributed by atoms with Crippen molar-refractivity contribution in [1.29, 1.82) is 0 Å². The van der Waals surface area contributed by atoms with Gasteiger partial charge >= 0.3 is 0 Å². The average molecular weight is 196 g/mol. The highest BCUT2D eigenvalue weighted by Crippen LogP contribution is 2.30. The lowest BCUT2D eigenvalue weighted by atomic mass is 9.76. The van der Waals surface area contributed by atoms with E-state index in [9.17, 15) is 9.90 Å². The van der Waals surface area contributed by atoms with Crippen molar-refractivity contribution in [2.45, 2.75) is 31.3 Å². The number of aliphatic hydroxyl groups is 1. The van der Waals surface area contributed by atoms with Gasteiger partial charge in [-0.1, -0.05) is 6.92 Å². The standard InChI is InChI=1S/C10H16N2O2/c1-3-8(14)10(5-4-6-12-10)9(2,11)7-13/h4-6,13H,3,7,11H2,1-2H3. The number of carbonyl (C=O) groups is 1. The van der Waals surface area contributed by atoms with E-state index in [0.717, 1.165) is 0 Å². The number of aliphatic imine (C=N–C) groups is 1. The summed E-state index contributed by atoms with van der Waals surface area (Å²) in [5, 5.41) is 9.18. The lowest BCUT2D eigenvalue weighted by Gasteiger charge is -2.37. The Morgan fingerprint density at radius 3 is 2.71 bits per heavy atom. The van der Waals surface area contributed by atoms with Gasteiger partial charge in [-0.15, -0.1) is 0 Å². The van der Waals surface area contributed by atoms with Crippen LogP contribution in [0, 0.1) is 0 Å². The Labute approximate surface area is 83.5 Å². The highest BCUT2D eigenvalue weighted by Gasteiger charge is 2.49. The molecule has 2 unspecified atom stereocenters. The van der Waals surface area contributed by atoms with Gasteiger partial charge in [0.25, 0.3) is 0 Å². The molecule has 78 valence electrons. The maximum Gasteiger partial charge on any atom is 0.166 e. The summed E-state index contributed by atoms with van der Waals surface area (Å²) < 4.78 is 0. The molecule has 14 heavy (non-hydrogen) atoms. The Bertz CT molecular complexity index is 280. The summed E-state index contributed by atoms with van der Waals surface area (Å²) in [7, 11) is 0. The summed E-state index contributed by atoms with van der Waals surface area (Å²) in [4.78, 5) is 15.9. The Kier molecular flexibility index (Phi) is 2.87. The van der Waals surface area contributed by atoms with Crippen LogP contribution in [0.4, 0.5) is 0 Å². The Balaban J connectivity index is 3.13. The largest absolute Gasteiger partial charge is 0.394 e. The molecular formula is C10H16N2O2. The molecule has 0 aromatic heterocycles. The lowest BCUT2D eigenvalue weighted by Crippen LogP contribution is -2.62. The molecule has 2 atom stereocenters. The van der Waals surface area contributed by atoms with Crippen molar-refractivity contribution in [1.82, 2.24) is 0 Å². The average Bonchev–Trinajstić information content (AvgIpc) is 2.66. The predicted molar refractivity (Wildman–Crippen MR) is 55.3 cm³/mol. The zero-order valence-electron chi connectivity index (χ0n) is 8.53. The molecule has 0 aromatic carbocycles. The van der Waals surface area contributed by atoms with Gasteiger partial charge in [-0.3, -0.25) is 9.79 Å². The minimum Gasteiger partial charge on any atom is -0.394 e. The van der Waals surface area contributed by atoms with Crippen molar-refractivity contribution in [3.05, 3.63) is 12.2 Å². The van der Waals surface area contributed by atoms with Crippen LogP contribution in [0.1, 0.15) is 20.3 Å². The first kappa shape index (κ1) is 11.1. The van der Waals surface area contributed by atoms with E-state index in [1.54, 1.807) is 32.2 Å². The number of allylic oxidation sites excluding steroid dienone is 1. The first-order valence-electron chi connectivity index (χ1n) is 4.66. The fourth-order valence-electron chi connectivity index (χ4n) is 1.60. The molecule has 1 aliphatic rings. The third-order valence-corrected chi connectivity index (χ3v) is 2.65. The maximum absolute atomic E-state index is 11.8. The van der Waals surface area contributed by atoms with Crippen LogP contribution in [-0.4, -0.2) is 34.8 Å². The predicted octanol–water partition coefficient (Wildman–Crippen LogP) is 0.0546. The number of Topliss-reactive ketones (excluding diaryl/α,β-unsaturated/α-hetero) is 1. The molecule has 0 spiro atoms. The molecule has 0 aliphatic carbocycles. The summed E-state index contributed by atoms with van der Waals surface area (Å²) in [5.41, 5.74) is 3.79. The fourth-order valence-corrected chi connectivity index (χ4v) is 1.60. The summed E-state index contributed by atoms with van der Waals surface area (Å²) in [6, 6.07) is 0. The van der Waals surface area contributed by atoms with Gasteiger partial charge in [0.05, 0.1) is 12.1 Å².